The highest BCUT2D eigenvalue weighted by Crippen LogP contribution is 2.41. The Morgan fingerprint density at radius 1 is 1.20 bits per heavy atom. The molecule has 1 aromatic carbocycles. The summed E-state index contributed by atoms with van der Waals surface area (Å²) >= 11 is 0. The molecule has 0 spiro atoms. The van der Waals surface area contributed by atoms with Gasteiger partial charge in [0.1, 0.15) is 11.2 Å². The standard InChI is InChI=1S/C32H42N4O4/c1-21-17-33-29-25(21)16-24(18-34-29)23-14-22-7-11-35(20-32(38)8-12-39-13-9-32)19-27(22)26(15-23)28-6-5-10-36(28)30(37)40-31(2,3)4/h14-18,28,38H,5-13,19-20H2,1-4H3,(H,33,34). The number of benzene rings is 1. The number of aromatic amines is 1. The quantitative estimate of drug-likeness (QED) is 0.449. The van der Waals surface area contributed by atoms with Crippen molar-refractivity contribution in [3.8, 4) is 11.1 Å². The van der Waals surface area contributed by atoms with E-state index in [1.54, 1.807) is 0 Å². The largest absolute Gasteiger partial charge is 0.444 e. The Morgan fingerprint density at radius 2 is 2.00 bits per heavy atom. The Balaban J connectivity index is 1.38. The van der Waals surface area contributed by atoms with Gasteiger partial charge in [-0.15, -0.1) is 0 Å². The maximum Gasteiger partial charge on any atom is 0.410 e. The molecule has 0 radical (unpaired) electrons. The third-order valence-electron chi connectivity index (χ3n) is 8.71. The van der Waals surface area contributed by atoms with Crippen LogP contribution in [0, 0.1) is 6.92 Å². The van der Waals surface area contributed by atoms with Crippen LogP contribution in [0.5, 0.6) is 0 Å². The van der Waals surface area contributed by atoms with Gasteiger partial charge in [-0.1, -0.05) is 6.07 Å². The zero-order valence-electron chi connectivity index (χ0n) is 24.3. The second-order valence-electron chi connectivity index (χ2n) is 12.9. The fourth-order valence-corrected chi connectivity index (χ4v) is 6.60. The molecule has 2 aromatic heterocycles. The van der Waals surface area contributed by atoms with Crippen molar-refractivity contribution in [1.82, 2.24) is 19.8 Å². The molecule has 2 saturated heterocycles. The molecule has 8 heteroatoms. The number of hydrogen-bond acceptors (Lipinski definition) is 6. The molecule has 2 fully saturated rings. The lowest BCUT2D eigenvalue weighted by molar-refractivity contribution is -0.0815. The number of nitrogens with zero attached hydrogens (tertiary/aromatic N) is 3. The number of rotatable bonds is 4. The summed E-state index contributed by atoms with van der Waals surface area (Å²) in [6.07, 6.45) is 7.80. The number of amides is 1. The van der Waals surface area contributed by atoms with E-state index in [4.69, 9.17) is 14.5 Å². The lowest BCUT2D eigenvalue weighted by Gasteiger charge is -2.40. The van der Waals surface area contributed by atoms with Gasteiger partial charge in [0.05, 0.1) is 11.6 Å². The normalized spacial score (nSPS) is 21.5. The number of nitrogens with one attached hydrogen (secondary N) is 1. The molecule has 5 heterocycles. The summed E-state index contributed by atoms with van der Waals surface area (Å²) in [7, 11) is 0. The zero-order chi connectivity index (χ0) is 28.1. The van der Waals surface area contributed by atoms with E-state index in [0.29, 0.717) is 39.1 Å². The third kappa shape index (κ3) is 5.49. The molecule has 214 valence electrons. The van der Waals surface area contributed by atoms with E-state index in [1.807, 2.05) is 38.1 Å². The number of aromatic nitrogens is 2. The van der Waals surface area contributed by atoms with Crippen LogP contribution in [-0.2, 0) is 22.4 Å². The number of likely N-dealkylation sites (tertiary alicyclic amines) is 1. The Hall–Kier alpha value is -2.94. The van der Waals surface area contributed by atoms with Gasteiger partial charge < -0.3 is 24.5 Å². The molecule has 1 unspecified atom stereocenters. The summed E-state index contributed by atoms with van der Waals surface area (Å²) in [5.41, 5.74) is 6.85. The molecule has 0 bridgehead atoms. The molecule has 0 aliphatic carbocycles. The van der Waals surface area contributed by atoms with Crippen LogP contribution < -0.4 is 0 Å². The van der Waals surface area contributed by atoms with E-state index in [0.717, 1.165) is 54.5 Å². The molecular formula is C32H42N4O4. The van der Waals surface area contributed by atoms with Crippen molar-refractivity contribution < 1.29 is 19.4 Å². The number of carbonyl (C=O) groups excluding carboxylic acids is 1. The van der Waals surface area contributed by atoms with E-state index < -0.39 is 11.2 Å². The molecular weight excluding hydrogens is 504 g/mol. The molecule has 3 aliphatic heterocycles. The van der Waals surface area contributed by atoms with Crippen LogP contribution >= 0.6 is 0 Å². The number of aryl methyl sites for hydroxylation is 1. The first-order valence-corrected chi connectivity index (χ1v) is 14.7. The van der Waals surface area contributed by atoms with Gasteiger partial charge in [-0.25, -0.2) is 9.78 Å². The smallest absolute Gasteiger partial charge is 0.410 e. The average molecular weight is 547 g/mol. The summed E-state index contributed by atoms with van der Waals surface area (Å²) in [6.45, 7) is 12.1. The predicted molar refractivity (Wildman–Crippen MR) is 155 cm³/mol. The maximum absolute atomic E-state index is 13.3. The Bertz CT molecular complexity index is 1400. The number of H-pyrrole nitrogens is 1. The Labute approximate surface area is 236 Å². The summed E-state index contributed by atoms with van der Waals surface area (Å²) < 4.78 is 11.4. The van der Waals surface area contributed by atoms with Gasteiger partial charge in [-0.2, -0.15) is 0 Å². The zero-order valence-corrected chi connectivity index (χ0v) is 24.3. The van der Waals surface area contributed by atoms with Gasteiger partial charge in [0.25, 0.3) is 0 Å². The molecule has 1 atom stereocenters. The van der Waals surface area contributed by atoms with Crippen LogP contribution in [0.15, 0.2) is 30.6 Å². The highest BCUT2D eigenvalue weighted by atomic mass is 16.6. The minimum Gasteiger partial charge on any atom is -0.444 e. The minimum atomic E-state index is -0.707. The second-order valence-corrected chi connectivity index (χ2v) is 12.9. The summed E-state index contributed by atoms with van der Waals surface area (Å²) in [5.74, 6) is 0. The van der Waals surface area contributed by atoms with Gasteiger partial charge in [0.2, 0.25) is 0 Å². The lowest BCUT2D eigenvalue weighted by atomic mass is 9.85. The third-order valence-corrected chi connectivity index (χ3v) is 8.71. The number of aliphatic hydroxyl groups is 1. The van der Waals surface area contributed by atoms with Crippen molar-refractivity contribution in [2.75, 3.05) is 32.8 Å². The molecule has 6 rings (SSSR count). The van der Waals surface area contributed by atoms with Gasteiger partial charge in [0.15, 0.2) is 0 Å². The van der Waals surface area contributed by atoms with Crippen molar-refractivity contribution in [2.45, 2.75) is 83.6 Å². The maximum atomic E-state index is 13.3. The van der Waals surface area contributed by atoms with Crippen LogP contribution in [0.4, 0.5) is 4.79 Å². The highest BCUT2D eigenvalue weighted by molar-refractivity contribution is 5.84. The first-order chi connectivity index (χ1) is 19.1. The Kier molecular flexibility index (Phi) is 7.13. The van der Waals surface area contributed by atoms with Crippen molar-refractivity contribution in [1.29, 1.82) is 0 Å². The molecule has 0 saturated carbocycles. The monoisotopic (exact) mass is 546 g/mol. The first kappa shape index (κ1) is 27.2. The van der Waals surface area contributed by atoms with Crippen molar-refractivity contribution in [3.63, 3.8) is 0 Å². The van der Waals surface area contributed by atoms with Gasteiger partial charge in [-0.05, 0) is 86.9 Å². The molecule has 2 N–H and O–H groups in total. The molecule has 3 aromatic rings. The van der Waals surface area contributed by atoms with Gasteiger partial charge in [0, 0.05) is 75.6 Å². The summed E-state index contributed by atoms with van der Waals surface area (Å²) in [6, 6.07) is 6.77. The number of ether oxygens (including phenoxy) is 2. The van der Waals surface area contributed by atoms with Crippen LogP contribution in [-0.4, -0.2) is 75.0 Å². The lowest BCUT2D eigenvalue weighted by Crippen LogP contribution is -2.48. The predicted octanol–water partition coefficient (Wildman–Crippen LogP) is 5.51. The first-order valence-electron chi connectivity index (χ1n) is 14.7. The average Bonchev–Trinajstić information content (AvgIpc) is 3.54. The van der Waals surface area contributed by atoms with Crippen LogP contribution in [0.2, 0.25) is 0 Å². The topological polar surface area (TPSA) is 90.9 Å². The van der Waals surface area contributed by atoms with Crippen LogP contribution in [0.3, 0.4) is 0 Å². The van der Waals surface area contributed by atoms with Crippen molar-refractivity contribution in [3.05, 3.63) is 52.8 Å². The fraction of sp³-hybridized carbons (Fsp3) is 0.562. The minimum absolute atomic E-state index is 0.0413. The molecule has 40 heavy (non-hydrogen) atoms. The van der Waals surface area contributed by atoms with E-state index in [-0.39, 0.29) is 12.1 Å². The number of β-amino-alcohol motifs (C(OH)–C–C–N with tert-alkyl or cyclic N) is 1. The van der Waals surface area contributed by atoms with Gasteiger partial charge in [-0.3, -0.25) is 4.90 Å². The summed E-state index contributed by atoms with van der Waals surface area (Å²) in [5, 5.41) is 12.4. The van der Waals surface area contributed by atoms with Crippen molar-refractivity contribution >= 4 is 17.1 Å². The van der Waals surface area contributed by atoms with Gasteiger partial charge >= 0.3 is 6.09 Å². The van der Waals surface area contributed by atoms with E-state index in [2.05, 4.69) is 35.0 Å². The number of carbonyl (C=O) groups is 1. The number of hydrogen-bond donors (Lipinski definition) is 2. The van der Waals surface area contributed by atoms with Crippen LogP contribution in [0.25, 0.3) is 22.2 Å². The van der Waals surface area contributed by atoms with E-state index >= 15 is 0 Å². The number of fused-ring (bicyclic) bond motifs is 2. The summed E-state index contributed by atoms with van der Waals surface area (Å²) in [4.78, 5) is 25.6. The highest BCUT2D eigenvalue weighted by Gasteiger charge is 2.37. The SMILES string of the molecule is Cc1c[nH]c2ncc(-c3cc4c(c(C5CCCN5C(=O)OC(C)(C)C)c3)CN(CC3(O)CCOCC3)CC4)cc12. The molecule has 1 amide bonds. The fourth-order valence-electron chi connectivity index (χ4n) is 6.60. The van der Waals surface area contributed by atoms with E-state index in [9.17, 15) is 9.90 Å². The van der Waals surface area contributed by atoms with Crippen LogP contribution in [0.1, 0.15) is 74.8 Å². The second kappa shape index (κ2) is 10.5. The Morgan fingerprint density at radius 3 is 2.77 bits per heavy atom. The molecule has 8 nitrogen and oxygen atoms in total. The van der Waals surface area contributed by atoms with Crippen molar-refractivity contribution in [2.24, 2.45) is 0 Å². The molecule has 3 aliphatic rings. The van der Waals surface area contributed by atoms with E-state index in [1.165, 1.54) is 22.3 Å². The number of pyridine rings is 1.